The summed E-state index contributed by atoms with van der Waals surface area (Å²) < 4.78 is 0. The van der Waals surface area contributed by atoms with Crippen molar-refractivity contribution in [3.63, 3.8) is 0 Å². The summed E-state index contributed by atoms with van der Waals surface area (Å²) in [5.74, 6) is -0.624. The zero-order chi connectivity index (χ0) is 18.8. The van der Waals surface area contributed by atoms with Crippen LogP contribution in [0, 0.1) is 15.0 Å². The molecule has 0 bridgehead atoms. The number of hydrazine groups is 1. The van der Waals surface area contributed by atoms with E-state index >= 15 is 0 Å². The van der Waals surface area contributed by atoms with Crippen LogP contribution in [-0.4, -0.2) is 46.6 Å². The van der Waals surface area contributed by atoms with Crippen LogP contribution in [-0.2, 0) is 0 Å². The van der Waals surface area contributed by atoms with Gasteiger partial charge in [-0.05, 0) is 25.5 Å². The Kier molecular flexibility index (Phi) is 8.44. The standard InChI is InChI=1S/C14H18ClN5O5/c15-7-9-19(23)18-14(22)17-11(5-3-8-16)13(21)10-4-1-2-6-12(10)20(24)25/h1-2,4,6,11H,3,5,7-9,16H2,(H-,17,18,22,23)/p+1. The molecule has 1 rings (SSSR count). The summed E-state index contributed by atoms with van der Waals surface area (Å²) in [7, 11) is 0. The summed E-state index contributed by atoms with van der Waals surface area (Å²) in [4.78, 5) is 46.4. The number of amides is 2. The molecule has 136 valence electrons. The molecule has 25 heavy (non-hydrogen) atoms. The highest BCUT2D eigenvalue weighted by atomic mass is 35.5. The number of nitro groups is 1. The lowest BCUT2D eigenvalue weighted by Crippen LogP contribution is -2.49. The van der Waals surface area contributed by atoms with Crippen LogP contribution >= 0.6 is 11.6 Å². The minimum absolute atomic E-state index is 0.00945. The van der Waals surface area contributed by atoms with E-state index in [0.29, 0.717) is 6.42 Å². The van der Waals surface area contributed by atoms with Crippen LogP contribution in [0.5, 0.6) is 0 Å². The molecule has 10 nitrogen and oxygen atoms in total. The number of ketones is 1. The molecular formula is C14H19ClN5O5+. The van der Waals surface area contributed by atoms with Gasteiger partial charge in [0.15, 0.2) is 5.78 Å². The van der Waals surface area contributed by atoms with Crippen molar-refractivity contribution in [1.82, 2.24) is 10.7 Å². The molecular weight excluding hydrogens is 354 g/mol. The molecule has 0 aliphatic heterocycles. The molecule has 0 saturated heterocycles. The first-order valence-corrected chi connectivity index (χ1v) is 7.99. The second-order valence-electron chi connectivity index (χ2n) is 5.00. The Labute approximate surface area is 148 Å². The number of nitrogens with zero attached hydrogens (tertiary/aromatic N) is 2. The van der Waals surface area contributed by atoms with E-state index in [4.69, 9.17) is 17.3 Å². The number of halogens is 1. The van der Waals surface area contributed by atoms with Crippen LogP contribution in [0.25, 0.3) is 0 Å². The lowest BCUT2D eigenvalue weighted by Gasteiger charge is -2.16. The molecule has 1 atom stereocenters. The van der Waals surface area contributed by atoms with Crippen LogP contribution in [0.2, 0.25) is 0 Å². The molecule has 0 aromatic heterocycles. The predicted molar refractivity (Wildman–Crippen MR) is 90.4 cm³/mol. The Morgan fingerprint density at radius 1 is 1.28 bits per heavy atom. The van der Waals surface area contributed by atoms with Gasteiger partial charge < -0.3 is 11.1 Å². The molecule has 0 aliphatic carbocycles. The smallest absolute Gasteiger partial charge is 0.330 e. The van der Waals surface area contributed by atoms with Gasteiger partial charge in [-0.25, -0.2) is 4.79 Å². The van der Waals surface area contributed by atoms with Crippen molar-refractivity contribution < 1.29 is 19.4 Å². The van der Waals surface area contributed by atoms with Crippen molar-refractivity contribution in [2.75, 3.05) is 19.0 Å². The van der Waals surface area contributed by atoms with Gasteiger partial charge >= 0.3 is 6.03 Å². The van der Waals surface area contributed by atoms with Crippen molar-refractivity contribution in [1.29, 1.82) is 0 Å². The normalized spacial score (nSPS) is 11.4. The number of hydrogen-bond donors (Lipinski definition) is 3. The van der Waals surface area contributed by atoms with Gasteiger partial charge in [0.25, 0.3) is 5.69 Å². The van der Waals surface area contributed by atoms with E-state index in [1.807, 2.05) is 5.43 Å². The number of Topliss-reactive ketones (excluding diaryl/α,β-unsaturated/α-hetero) is 1. The molecule has 1 unspecified atom stereocenters. The van der Waals surface area contributed by atoms with Gasteiger partial charge in [-0.15, -0.1) is 11.6 Å². The lowest BCUT2D eigenvalue weighted by molar-refractivity contribution is -0.588. The molecule has 0 saturated carbocycles. The SMILES string of the molecule is NCCCC(NC(=O)N[N+](=O)CCCl)C(=O)c1ccccc1[N+](=O)[O-]. The predicted octanol–water partition coefficient (Wildman–Crippen LogP) is 1.12. The molecule has 4 N–H and O–H groups in total. The number of nitrogens with one attached hydrogen (secondary N) is 2. The van der Waals surface area contributed by atoms with E-state index in [2.05, 4.69) is 5.32 Å². The van der Waals surface area contributed by atoms with Gasteiger partial charge in [-0.2, -0.15) is 0 Å². The second-order valence-corrected chi connectivity index (χ2v) is 5.38. The van der Waals surface area contributed by atoms with Crippen molar-refractivity contribution in [2.24, 2.45) is 5.73 Å². The number of carbonyl (C=O) groups is 2. The minimum Gasteiger partial charge on any atom is -0.330 e. The van der Waals surface area contributed by atoms with Gasteiger partial charge in [-0.1, -0.05) is 17.6 Å². The molecule has 1 aromatic rings. The van der Waals surface area contributed by atoms with E-state index in [0.717, 1.165) is 0 Å². The number of hydrogen-bond acceptors (Lipinski definition) is 6. The van der Waals surface area contributed by atoms with E-state index in [-0.39, 0.29) is 41.5 Å². The average Bonchev–Trinajstić information content (AvgIpc) is 2.58. The number of nitro benzene ring substituents is 1. The molecule has 2 amide bonds. The van der Waals surface area contributed by atoms with Crippen LogP contribution in [0.1, 0.15) is 23.2 Å². The third-order valence-corrected chi connectivity index (χ3v) is 3.37. The number of urea groups is 1. The first kappa shape index (κ1) is 20.5. The minimum atomic E-state index is -1.06. The highest BCUT2D eigenvalue weighted by Gasteiger charge is 2.28. The van der Waals surface area contributed by atoms with E-state index in [1.165, 1.54) is 24.3 Å². The van der Waals surface area contributed by atoms with Crippen LogP contribution < -0.4 is 16.5 Å². The topological polar surface area (TPSA) is 147 Å². The van der Waals surface area contributed by atoms with Crippen molar-refractivity contribution in [3.8, 4) is 0 Å². The quantitative estimate of drug-likeness (QED) is 0.184. The molecule has 0 radical (unpaired) electrons. The van der Waals surface area contributed by atoms with Crippen molar-refractivity contribution in [2.45, 2.75) is 18.9 Å². The summed E-state index contributed by atoms with van der Waals surface area (Å²) in [6.45, 7) is 0.129. The van der Waals surface area contributed by atoms with Crippen LogP contribution in [0.15, 0.2) is 24.3 Å². The molecule has 0 heterocycles. The highest BCUT2D eigenvalue weighted by molar-refractivity contribution is 6.17. The highest BCUT2D eigenvalue weighted by Crippen LogP contribution is 2.20. The van der Waals surface area contributed by atoms with E-state index < -0.39 is 22.8 Å². The Hall–Kier alpha value is -2.59. The number of benzene rings is 1. The maximum Gasteiger partial charge on any atom is 0.372 e. The summed E-state index contributed by atoms with van der Waals surface area (Å²) in [6.07, 6.45) is 0.573. The maximum absolute atomic E-state index is 12.6. The fourth-order valence-electron chi connectivity index (χ4n) is 2.06. The number of alkyl halides is 1. The Morgan fingerprint density at radius 2 is 1.96 bits per heavy atom. The number of nitroso groups, excluding NO2 is 1. The van der Waals surface area contributed by atoms with Gasteiger partial charge in [0.2, 0.25) is 6.54 Å². The fraction of sp³-hybridized carbons (Fsp3) is 0.429. The zero-order valence-corrected chi connectivity index (χ0v) is 14.1. The number of rotatable bonds is 10. The largest absolute Gasteiger partial charge is 0.372 e. The van der Waals surface area contributed by atoms with Gasteiger partial charge in [0.1, 0.15) is 4.87 Å². The summed E-state index contributed by atoms with van der Waals surface area (Å²) in [6, 6.07) is 3.46. The van der Waals surface area contributed by atoms with E-state index in [1.54, 1.807) is 0 Å². The van der Waals surface area contributed by atoms with Gasteiger partial charge in [0.05, 0.1) is 27.3 Å². The van der Waals surface area contributed by atoms with Crippen LogP contribution in [0.4, 0.5) is 10.5 Å². The number of para-hydroxylation sites is 1. The monoisotopic (exact) mass is 372 g/mol. The third kappa shape index (κ3) is 6.43. The summed E-state index contributed by atoms with van der Waals surface area (Å²) in [5, 5.41) is 13.4. The first-order valence-electron chi connectivity index (χ1n) is 7.46. The number of nitrogens with two attached hydrogens (primary N) is 1. The first-order chi connectivity index (χ1) is 11.9. The lowest BCUT2D eigenvalue weighted by atomic mass is 9.99. The Balaban J connectivity index is 2.94. The molecule has 1 aromatic carbocycles. The van der Waals surface area contributed by atoms with Crippen molar-refractivity contribution >= 4 is 29.1 Å². The second kappa shape index (κ2) is 10.3. The Morgan fingerprint density at radius 3 is 2.56 bits per heavy atom. The van der Waals surface area contributed by atoms with Crippen molar-refractivity contribution in [3.05, 3.63) is 44.9 Å². The Bertz CT molecular complexity index is 654. The number of carbonyl (C=O) groups excluding carboxylic acids is 2. The molecule has 11 heteroatoms. The van der Waals surface area contributed by atoms with Gasteiger partial charge in [0, 0.05) is 6.07 Å². The maximum atomic E-state index is 12.6. The average molecular weight is 373 g/mol. The van der Waals surface area contributed by atoms with Gasteiger partial charge in [-0.3, -0.25) is 14.9 Å². The van der Waals surface area contributed by atoms with E-state index in [9.17, 15) is 24.6 Å². The summed E-state index contributed by atoms with van der Waals surface area (Å²) >= 11 is 5.39. The third-order valence-electron chi connectivity index (χ3n) is 3.20. The fourth-order valence-corrected chi connectivity index (χ4v) is 2.21. The molecule has 0 aliphatic rings. The summed E-state index contributed by atoms with van der Waals surface area (Å²) in [5.41, 5.74) is 6.89. The zero-order valence-electron chi connectivity index (χ0n) is 13.3. The van der Waals surface area contributed by atoms with Crippen LogP contribution in [0.3, 0.4) is 0 Å². The molecule has 0 spiro atoms. The molecule has 0 fully saturated rings.